The predicted octanol–water partition coefficient (Wildman–Crippen LogP) is 4.91. The monoisotopic (exact) mass is 303 g/mol. The van der Waals surface area contributed by atoms with Crippen molar-refractivity contribution in [2.75, 3.05) is 4.90 Å². The van der Waals surface area contributed by atoms with Crippen LogP contribution in [-0.2, 0) is 11.3 Å². The van der Waals surface area contributed by atoms with E-state index in [4.69, 9.17) is 0 Å². The second-order valence-electron chi connectivity index (χ2n) is 6.73. The topological polar surface area (TPSA) is 20.3 Å². The van der Waals surface area contributed by atoms with Crippen LogP contribution < -0.4 is 4.90 Å². The average molecular weight is 303 g/mol. The quantitative estimate of drug-likeness (QED) is 0.733. The van der Waals surface area contributed by atoms with Gasteiger partial charge in [0, 0.05) is 6.92 Å². The Morgan fingerprint density at radius 3 is 2.57 bits per heavy atom. The van der Waals surface area contributed by atoms with E-state index in [0.29, 0.717) is 6.54 Å². The molecule has 23 heavy (non-hydrogen) atoms. The number of carbonyl (C=O) groups is 1. The molecule has 0 N–H and O–H groups in total. The van der Waals surface area contributed by atoms with Crippen LogP contribution in [0, 0.1) is 6.92 Å². The number of rotatable bonds is 1. The van der Waals surface area contributed by atoms with Gasteiger partial charge in [-0.15, -0.1) is 0 Å². The average Bonchev–Trinajstić information content (AvgIpc) is 3.34. The summed E-state index contributed by atoms with van der Waals surface area (Å²) >= 11 is 0. The molecule has 1 aliphatic heterocycles. The molecule has 1 amide bonds. The van der Waals surface area contributed by atoms with Crippen molar-refractivity contribution >= 4 is 23.7 Å². The summed E-state index contributed by atoms with van der Waals surface area (Å²) in [6.07, 6.45) is 6.91. The van der Waals surface area contributed by atoms with Gasteiger partial charge in [-0.25, -0.2) is 0 Å². The van der Waals surface area contributed by atoms with Crippen molar-refractivity contribution in [1.29, 1.82) is 0 Å². The van der Waals surface area contributed by atoms with Gasteiger partial charge < -0.3 is 4.90 Å². The van der Waals surface area contributed by atoms with Gasteiger partial charge in [0.15, 0.2) is 0 Å². The smallest absolute Gasteiger partial charge is 0.224 e. The molecule has 116 valence electrons. The molecular weight excluding hydrogens is 282 g/mol. The highest BCUT2D eigenvalue weighted by Crippen LogP contribution is 2.41. The maximum atomic E-state index is 12.3. The fourth-order valence-electron chi connectivity index (χ4n) is 3.37. The van der Waals surface area contributed by atoms with E-state index in [-0.39, 0.29) is 5.91 Å². The number of anilines is 1. The summed E-state index contributed by atoms with van der Waals surface area (Å²) in [5.41, 5.74) is 7.20. The van der Waals surface area contributed by atoms with E-state index >= 15 is 0 Å². The van der Waals surface area contributed by atoms with Gasteiger partial charge in [-0.2, -0.15) is 0 Å². The number of nitrogens with zero attached hydrogens (tertiary/aromatic N) is 1. The van der Waals surface area contributed by atoms with Crippen molar-refractivity contribution in [3.63, 3.8) is 0 Å². The minimum atomic E-state index is 0.0909. The van der Waals surface area contributed by atoms with Crippen LogP contribution in [0.1, 0.15) is 53.5 Å². The van der Waals surface area contributed by atoms with E-state index in [1.165, 1.54) is 35.1 Å². The molecule has 2 nitrogen and oxygen atoms in total. The number of aryl methyl sites for hydroxylation is 1. The number of amides is 1. The summed E-state index contributed by atoms with van der Waals surface area (Å²) in [7, 11) is 0. The maximum Gasteiger partial charge on any atom is 0.224 e. The Morgan fingerprint density at radius 1 is 1.04 bits per heavy atom. The Morgan fingerprint density at radius 2 is 1.83 bits per heavy atom. The number of hydrogen-bond donors (Lipinski definition) is 0. The molecule has 2 aromatic carbocycles. The summed E-state index contributed by atoms with van der Waals surface area (Å²) in [5, 5.41) is 0. The summed E-state index contributed by atoms with van der Waals surface area (Å²) in [4.78, 5) is 14.2. The van der Waals surface area contributed by atoms with Crippen molar-refractivity contribution in [3.05, 3.63) is 64.2 Å². The second-order valence-corrected chi connectivity index (χ2v) is 6.73. The molecule has 0 aromatic heterocycles. The number of carbonyl (C=O) groups excluding carboxylic acids is 1. The van der Waals surface area contributed by atoms with Crippen LogP contribution in [0.25, 0.3) is 12.2 Å². The van der Waals surface area contributed by atoms with E-state index in [2.05, 4.69) is 55.5 Å². The molecular formula is C21H21NO. The molecule has 1 fully saturated rings. The third-order valence-corrected chi connectivity index (χ3v) is 4.84. The molecule has 0 saturated heterocycles. The molecule has 0 unspecified atom stereocenters. The van der Waals surface area contributed by atoms with E-state index in [0.717, 1.165) is 17.2 Å². The van der Waals surface area contributed by atoms with Crippen LogP contribution in [0.3, 0.4) is 0 Å². The van der Waals surface area contributed by atoms with Gasteiger partial charge in [0.05, 0.1) is 12.2 Å². The SMILES string of the molecule is CC(=O)N1Cc2cc(C3CC3)ccc2/C=C\c2cc(C)ccc21. The Hall–Kier alpha value is -2.35. The number of hydrogen-bond acceptors (Lipinski definition) is 1. The minimum Gasteiger partial charge on any atom is -0.308 e. The van der Waals surface area contributed by atoms with Gasteiger partial charge in [0.1, 0.15) is 0 Å². The molecule has 0 atom stereocenters. The predicted molar refractivity (Wildman–Crippen MR) is 95.4 cm³/mol. The summed E-state index contributed by atoms with van der Waals surface area (Å²) < 4.78 is 0. The van der Waals surface area contributed by atoms with Crippen molar-refractivity contribution in [2.24, 2.45) is 0 Å². The van der Waals surface area contributed by atoms with Crippen LogP contribution in [0.2, 0.25) is 0 Å². The van der Waals surface area contributed by atoms with Gasteiger partial charge in [-0.3, -0.25) is 4.79 Å². The first-order valence-corrected chi connectivity index (χ1v) is 8.31. The zero-order valence-electron chi connectivity index (χ0n) is 13.7. The lowest BCUT2D eigenvalue weighted by molar-refractivity contribution is -0.116. The summed E-state index contributed by atoms with van der Waals surface area (Å²) in [5.74, 6) is 0.823. The molecule has 0 radical (unpaired) electrons. The Balaban J connectivity index is 1.85. The second kappa shape index (κ2) is 5.38. The van der Waals surface area contributed by atoms with Gasteiger partial charge in [-0.1, -0.05) is 42.0 Å². The Bertz CT molecular complexity index is 815. The van der Waals surface area contributed by atoms with Crippen LogP contribution in [0.15, 0.2) is 36.4 Å². The highest BCUT2D eigenvalue weighted by Gasteiger charge is 2.25. The fraction of sp³-hybridized carbons (Fsp3) is 0.286. The molecule has 1 heterocycles. The van der Waals surface area contributed by atoms with Gasteiger partial charge in [0.2, 0.25) is 5.91 Å². The van der Waals surface area contributed by atoms with Crippen LogP contribution in [0.4, 0.5) is 5.69 Å². The normalized spacial score (nSPS) is 17.7. The van der Waals surface area contributed by atoms with E-state index in [1.807, 2.05) is 4.90 Å². The summed E-state index contributed by atoms with van der Waals surface area (Å²) in [6, 6.07) is 13.0. The summed E-state index contributed by atoms with van der Waals surface area (Å²) in [6.45, 7) is 4.38. The van der Waals surface area contributed by atoms with Gasteiger partial charge in [0.25, 0.3) is 0 Å². The molecule has 4 rings (SSSR count). The molecule has 0 spiro atoms. The van der Waals surface area contributed by atoms with Crippen molar-refractivity contribution in [1.82, 2.24) is 0 Å². The zero-order valence-corrected chi connectivity index (χ0v) is 13.7. The fourth-order valence-corrected chi connectivity index (χ4v) is 3.37. The van der Waals surface area contributed by atoms with E-state index in [9.17, 15) is 4.79 Å². The number of fused-ring (bicyclic) bond motifs is 2. The molecule has 1 aliphatic carbocycles. The van der Waals surface area contributed by atoms with Crippen LogP contribution in [0.5, 0.6) is 0 Å². The first-order chi connectivity index (χ1) is 11.1. The van der Waals surface area contributed by atoms with E-state index in [1.54, 1.807) is 6.92 Å². The largest absolute Gasteiger partial charge is 0.308 e. The lowest BCUT2D eigenvalue weighted by Crippen LogP contribution is -2.29. The number of benzene rings is 2. The lowest BCUT2D eigenvalue weighted by Gasteiger charge is -2.26. The third-order valence-electron chi connectivity index (χ3n) is 4.84. The first-order valence-electron chi connectivity index (χ1n) is 8.31. The highest BCUT2D eigenvalue weighted by molar-refractivity contribution is 5.95. The first kappa shape index (κ1) is 14.3. The zero-order chi connectivity index (χ0) is 16.0. The van der Waals surface area contributed by atoms with Gasteiger partial charge >= 0.3 is 0 Å². The molecule has 2 aromatic rings. The third kappa shape index (κ3) is 2.70. The maximum absolute atomic E-state index is 12.3. The van der Waals surface area contributed by atoms with Crippen molar-refractivity contribution in [2.45, 2.75) is 39.2 Å². The Labute approximate surface area is 137 Å². The van der Waals surface area contributed by atoms with Crippen LogP contribution >= 0.6 is 0 Å². The van der Waals surface area contributed by atoms with Crippen molar-refractivity contribution in [3.8, 4) is 0 Å². The van der Waals surface area contributed by atoms with E-state index < -0.39 is 0 Å². The molecule has 0 bridgehead atoms. The molecule has 2 aliphatic rings. The molecule has 2 heteroatoms. The molecule has 1 saturated carbocycles. The lowest BCUT2D eigenvalue weighted by atomic mass is 9.97. The minimum absolute atomic E-state index is 0.0909. The standard InChI is InChI=1S/C21H21NO/c1-14-3-10-21-19(11-14)9-7-17-6-8-18(16-4-5-16)12-20(17)13-22(21)15(2)23/h3,6-12,16H,4-5,13H2,1-2H3/b9-7-. The van der Waals surface area contributed by atoms with Gasteiger partial charge in [-0.05, 0) is 60.1 Å². The van der Waals surface area contributed by atoms with Crippen molar-refractivity contribution < 1.29 is 4.79 Å². The highest BCUT2D eigenvalue weighted by atomic mass is 16.2. The Kier molecular flexibility index (Phi) is 3.33. The van der Waals surface area contributed by atoms with Crippen LogP contribution in [-0.4, -0.2) is 5.91 Å².